The van der Waals surface area contributed by atoms with Crippen LogP contribution >= 0.6 is 0 Å². The smallest absolute Gasteiger partial charge is 0.225 e. The van der Waals surface area contributed by atoms with Gasteiger partial charge in [-0.3, -0.25) is 4.79 Å². The van der Waals surface area contributed by atoms with Gasteiger partial charge < -0.3 is 10.2 Å². The first-order valence-corrected chi connectivity index (χ1v) is 7.14. The van der Waals surface area contributed by atoms with Gasteiger partial charge in [0.2, 0.25) is 5.91 Å². The second kappa shape index (κ2) is 5.55. The van der Waals surface area contributed by atoms with Gasteiger partial charge in [0, 0.05) is 31.2 Å². The normalized spacial score (nSPS) is 20.9. The molecule has 2 fully saturated rings. The highest BCUT2D eigenvalue weighted by atomic mass is 16.2. The third-order valence-corrected chi connectivity index (χ3v) is 4.20. The second-order valence-corrected chi connectivity index (χ2v) is 5.47. The number of nitrogens with zero attached hydrogens (tertiary/aromatic N) is 3. The van der Waals surface area contributed by atoms with Crippen molar-refractivity contribution in [2.45, 2.75) is 38.1 Å². The second-order valence-electron chi connectivity index (χ2n) is 5.47. The van der Waals surface area contributed by atoms with E-state index in [-0.39, 0.29) is 0 Å². The number of anilines is 1. The first-order chi connectivity index (χ1) is 9.33. The summed E-state index contributed by atoms with van der Waals surface area (Å²) in [4.78, 5) is 22.3. The zero-order chi connectivity index (χ0) is 13.1. The highest BCUT2D eigenvalue weighted by Crippen LogP contribution is 2.29. The van der Waals surface area contributed by atoms with Crippen LogP contribution in [0.25, 0.3) is 0 Å². The molecule has 1 saturated carbocycles. The summed E-state index contributed by atoms with van der Waals surface area (Å²) in [6, 6.07) is 2.30. The number of hydrogen-bond donors (Lipinski definition) is 1. The van der Waals surface area contributed by atoms with Crippen LogP contribution in [-0.4, -0.2) is 39.9 Å². The number of amides is 1. The first kappa shape index (κ1) is 12.4. The van der Waals surface area contributed by atoms with Crippen LogP contribution in [0.4, 0.5) is 5.82 Å². The maximum atomic E-state index is 12.1. The summed E-state index contributed by atoms with van der Waals surface area (Å²) in [6.45, 7) is 1.75. The quantitative estimate of drug-likeness (QED) is 0.898. The lowest BCUT2D eigenvalue weighted by atomic mass is 9.84. The van der Waals surface area contributed by atoms with Gasteiger partial charge in [-0.25, -0.2) is 9.97 Å². The summed E-state index contributed by atoms with van der Waals surface area (Å²) >= 11 is 0. The molecule has 1 aromatic rings. The first-order valence-electron chi connectivity index (χ1n) is 7.14. The maximum Gasteiger partial charge on any atom is 0.225 e. The summed E-state index contributed by atoms with van der Waals surface area (Å²) < 4.78 is 0. The molecule has 0 radical (unpaired) electrons. The van der Waals surface area contributed by atoms with Crippen molar-refractivity contribution in [3.8, 4) is 0 Å². The van der Waals surface area contributed by atoms with Crippen molar-refractivity contribution in [2.24, 2.45) is 5.92 Å². The zero-order valence-corrected chi connectivity index (χ0v) is 11.1. The van der Waals surface area contributed by atoms with Crippen LogP contribution in [0.5, 0.6) is 0 Å². The fourth-order valence-corrected chi connectivity index (χ4v) is 2.74. The van der Waals surface area contributed by atoms with Crippen LogP contribution in [0.2, 0.25) is 0 Å². The average molecular weight is 260 g/mol. The van der Waals surface area contributed by atoms with Gasteiger partial charge in [-0.15, -0.1) is 0 Å². The van der Waals surface area contributed by atoms with Gasteiger partial charge >= 0.3 is 0 Å². The zero-order valence-electron chi connectivity index (χ0n) is 11.1. The molecule has 1 amide bonds. The molecule has 19 heavy (non-hydrogen) atoms. The molecule has 102 valence electrons. The van der Waals surface area contributed by atoms with Crippen LogP contribution in [0.3, 0.4) is 0 Å². The molecule has 0 bridgehead atoms. The standard InChI is InChI=1S/C14H20N4O/c19-14(11-2-1-3-11)18-8-5-12(6-9-18)17-13-4-7-15-10-16-13/h4,7,10-12H,1-3,5-6,8-9H2,(H,15,16,17). The topological polar surface area (TPSA) is 58.1 Å². The van der Waals surface area contributed by atoms with Crippen LogP contribution in [0.1, 0.15) is 32.1 Å². The number of carbonyl (C=O) groups is 1. The minimum atomic E-state index is 0.325. The van der Waals surface area contributed by atoms with Crippen LogP contribution in [0.15, 0.2) is 18.6 Å². The Bertz CT molecular complexity index is 424. The Hall–Kier alpha value is -1.65. The van der Waals surface area contributed by atoms with Crippen LogP contribution < -0.4 is 5.32 Å². The number of nitrogens with one attached hydrogen (secondary N) is 1. The van der Waals surface area contributed by atoms with Crippen LogP contribution in [0, 0.1) is 5.92 Å². The Kier molecular flexibility index (Phi) is 3.62. The Morgan fingerprint density at radius 1 is 1.26 bits per heavy atom. The Morgan fingerprint density at radius 2 is 2.05 bits per heavy atom. The third kappa shape index (κ3) is 2.85. The molecule has 0 aromatic carbocycles. The van der Waals surface area contributed by atoms with E-state index in [1.165, 1.54) is 6.42 Å². The molecule has 0 unspecified atom stereocenters. The molecule has 2 heterocycles. The van der Waals surface area contributed by atoms with E-state index < -0.39 is 0 Å². The molecule has 2 aliphatic rings. The van der Waals surface area contributed by atoms with Crippen molar-refractivity contribution in [1.29, 1.82) is 0 Å². The summed E-state index contributed by atoms with van der Waals surface area (Å²) in [5.74, 6) is 1.58. The minimum Gasteiger partial charge on any atom is -0.367 e. The number of aromatic nitrogens is 2. The molecule has 1 aliphatic heterocycles. The molecule has 1 aliphatic carbocycles. The Balaban J connectivity index is 1.48. The molecule has 1 saturated heterocycles. The van der Waals surface area contributed by atoms with Gasteiger partial charge in [0.1, 0.15) is 12.1 Å². The lowest BCUT2D eigenvalue weighted by Gasteiger charge is -2.36. The van der Waals surface area contributed by atoms with E-state index in [2.05, 4.69) is 15.3 Å². The summed E-state index contributed by atoms with van der Waals surface area (Å²) in [7, 11) is 0. The van der Waals surface area contributed by atoms with Crippen molar-refractivity contribution in [3.63, 3.8) is 0 Å². The van der Waals surface area contributed by atoms with Crippen molar-refractivity contribution >= 4 is 11.7 Å². The van der Waals surface area contributed by atoms with Gasteiger partial charge in [0.25, 0.3) is 0 Å². The molecule has 5 nitrogen and oxygen atoms in total. The summed E-state index contributed by atoms with van der Waals surface area (Å²) in [6.07, 6.45) is 8.71. The van der Waals surface area contributed by atoms with Crippen LogP contribution in [-0.2, 0) is 4.79 Å². The summed E-state index contributed by atoms with van der Waals surface area (Å²) in [5, 5.41) is 3.41. The van der Waals surface area contributed by atoms with E-state index in [1.807, 2.05) is 11.0 Å². The average Bonchev–Trinajstić information content (AvgIpc) is 2.39. The summed E-state index contributed by atoms with van der Waals surface area (Å²) in [5.41, 5.74) is 0. The predicted molar refractivity (Wildman–Crippen MR) is 72.6 cm³/mol. The van der Waals surface area contributed by atoms with Gasteiger partial charge in [-0.1, -0.05) is 6.42 Å². The lowest BCUT2D eigenvalue weighted by molar-refractivity contribution is -0.139. The van der Waals surface area contributed by atoms with E-state index in [4.69, 9.17) is 0 Å². The molecule has 0 spiro atoms. The number of likely N-dealkylation sites (tertiary alicyclic amines) is 1. The maximum absolute atomic E-state index is 12.1. The lowest BCUT2D eigenvalue weighted by Crippen LogP contribution is -2.46. The van der Waals surface area contributed by atoms with E-state index >= 15 is 0 Å². The van der Waals surface area contributed by atoms with Gasteiger partial charge in [0.05, 0.1) is 0 Å². The fraction of sp³-hybridized carbons (Fsp3) is 0.643. The number of carbonyl (C=O) groups excluding carboxylic acids is 1. The highest BCUT2D eigenvalue weighted by Gasteiger charge is 2.31. The van der Waals surface area contributed by atoms with Crippen molar-refractivity contribution < 1.29 is 4.79 Å². The minimum absolute atomic E-state index is 0.325. The molecule has 5 heteroatoms. The molecule has 0 atom stereocenters. The third-order valence-electron chi connectivity index (χ3n) is 4.20. The van der Waals surface area contributed by atoms with Gasteiger partial charge in [0.15, 0.2) is 0 Å². The van der Waals surface area contributed by atoms with E-state index in [1.54, 1.807) is 12.5 Å². The number of hydrogen-bond acceptors (Lipinski definition) is 4. The number of rotatable bonds is 3. The van der Waals surface area contributed by atoms with E-state index in [0.717, 1.165) is 44.6 Å². The monoisotopic (exact) mass is 260 g/mol. The Labute approximate surface area is 113 Å². The van der Waals surface area contributed by atoms with Gasteiger partial charge in [-0.2, -0.15) is 0 Å². The SMILES string of the molecule is O=C(C1CCC1)N1CCC(Nc2ccncn2)CC1. The molecule has 1 aromatic heterocycles. The van der Waals surface area contributed by atoms with Gasteiger partial charge in [-0.05, 0) is 31.7 Å². The van der Waals surface area contributed by atoms with Crippen molar-refractivity contribution in [3.05, 3.63) is 18.6 Å². The Morgan fingerprint density at radius 3 is 2.63 bits per heavy atom. The van der Waals surface area contributed by atoms with Crippen molar-refractivity contribution in [2.75, 3.05) is 18.4 Å². The molecule has 3 rings (SSSR count). The van der Waals surface area contributed by atoms with Crippen molar-refractivity contribution in [1.82, 2.24) is 14.9 Å². The highest BCUT2D eigenvalue weighted by molar-refractivity contribution is 5.79. The largest absolute Gasteiger partial charge is 0.367 e. The number of piperidine rings is 1. The molecule has 1 N–H and O–H groups in total. The van der Waals surface area contributed by atoms with E-state index in [9.17, 15) is 4.79 Å². The molecular formula is C14H20N4O. The fourth-order valence-electron chi connectivity index (χ4n) is 2.74. The molecular weight excluding hydrogens is 240 g/mol. The predicted octanol–water partition coefficient (Wildman–Crippen LogP) is 1.68. The van der Waals surface area contributed by atoms with E-state index in [0.29, 0.717) is 17.9 Å².